The Labute approximate surface area is 255 Å². The smallest absolute Gasteiger partial charge is 0.240 e. The van der Waals surface area contributed by atoms with E-state index in [0.717, 1.165) is 68.9 Å². The molecule has 0 bridgehead atoms. The Morgan fingerprint density at radius 1 is 0.825 bits per heavy atom. The zero-order valence-electron chi connectivity index (χ0n) is 23.9. The van der Waals surface area contributed by atoms with Crippen molar-refractivity contribution in [2.75, 3.05) is 45.8 Å². The molecule has 40 heavy (non-hydrogen) atoms. The monoisotopic (exact) mass is 603 g/mol. The van der Waals surface area contributed by atoms with Crippen LogP contribution in [0.25, 0.3) is 0 Å². The maximum atomic E-state index is 14.0. The highest BCUT2D eigenvalue weighted by Gasteiger charge is 2.34. The second kappa shape index (κ2) is 14.2. The second-order valence-electron chi connectivity index (χ2n) is 12.1. The number of piperidine rings is 1. The molecule has 2 atom stereocenters. The molecule has 0 saturated carbocycles. The number of hydrogen-bond acceptors (Lipinski definition) is 3. The number of benzene rings is 2. The molecule has 1 unspecified atom stereocenters. The Kier molecular flexibility index (Phi) is 10.7. The third kappa shape index (κ3) is 7.55. The molecule has 2 aromatic rings. The standard InChI is InChI=1S/C33H44Cl3N3O/c1-2-24(23-37-13-3-4-14-37)19-27-20-28(34)9-10-30(27)25-11-17-39(18-12-25)33(40)32(38-15-5-6-16-38)21-26-7-8-29(35)22-31(26)36/h7-10,20,22,24-25,32H,2-6,11-19,21,23H2,1H3/t24?,32-/m1/s1. The summed E-state index contributed by atoms with van der Waals surface area (Å²) in [6, 6.07) is 12.0. The largest absolute Gasteiger partial charge is 0.341 e. The molecule has 3 heterocycles. The van der Waals surface area contributed by atoms with Crippen molar-refractivity contribution >= 4 is 40.7 Å². The van der Waals surface area contributed by atoms with Crippen molar-refractivity contribution in [3.63, 3.8) is 0 Å². The van der Waals surface area contributed by atoms with Crippen LogP contribution in [-0.4, -0.2) is 72.5 Å². The highest BCUT2D eigenvalue weighted by atomic mass is 35.5. The predicted octanol–water partition coefficient (Wildman–Crippen LogP) is 7.72. The van der Waals surface area contributed by atoms with Crippen molar-refractivity contribution in [2.45, 2.75) is 76.7 Å². The van der Waals surface area contributed by atoms with Gasteiger partial charge in [0.05, 0.1) is 6.04 Å². The molecule has 0 spiro atoms. The fourth-order valence-corrected chi connectivity index (χ4v) is 7.75. The van der Waals surface area contributed by atoms with Gasteiger partial charge in [-0.05, 0) is 130 Å². The third-order valence-corrected chi connectivity index (χ3v) is 10.3. The maximum absolute atomic E-state index is 14.0. The number of nitrogens with zero attached hydrogens (tertiary/aromatic N) is 3. The van der Waals surface area contributed by atoms with E-state index in [1.54, 1.807) is 6.07 Å². The lowest BCUT2D eigenvalue weighted by molar-refractivity contribution is -0.137. The molecule has 0 radical (unpaired) electrons. The minimum Gasteiger partial charge on any atom is -0.341 e. The van der Waals surface area contributed by atoms with Crippen LogP contribution in [0.2, 0.25) is 15.1 Å². The van der Waals surface area contributed by atoms with Crippen LogP contribution in [-0.2, 0) is 17.6 Å². The van der Waals surface area contributed by atoms with Gasteiger partial charge in [-0.3, -0.25) is 9.69 Å². The third-order valence-electron chi connectivity index (χ3n) is 9.45. The van der Waals surface area contributed by atoms with Crippen LogP contribution >= 0.6 is 34.8 Å². The van der Waals surface area contributed by atoms with Crippen molar-refractivity contribution in [3.8, 4) is 0 Å². The lowest BCUT2D eigenvalue weighted by Crippen LogP contribution is -2.51. The van der Waals surface area contributed by atoms with E-state index in [-0.39, 0.29) is 11.9 Å². The van der Waals surface area contributed by atoms with E-state index in [9.17, 15) is 4.79 Å². The zero-order valence-corrected chi connectivity index (χ0v) is 26.2. The average molecular weight is 605 g/mol. The Bertz CT molecular complexity index is 1140. The fraction of sp³-hybridized carbons (Fsp3) is 0.606. The lowest BCUT2D eigenvalue weighted by Gasteiger charge is -2.37. The van der Waals surface area contributed by atoms with Gasteiger partial charge < -0.3 is 9.80 Å². The van der Waals surface area contributed by atoms with Crippen molar-refractivity contribution < 1.29 is 4.79 Å². The van der Waals surface area contributed by atoms with Crippen LogP contribution in [0.4, 0.5) is 0 Å². The molecule has 1 amide bonds. The van der Waals surface area contributed by atoms with Crippen molar-refractivity contribution in [3.05, 3.63) is 68.2 Å². The molecule has 5 rings (SSSR count). The first-order valence-electron chi connectivity index (χ1n) is 15.4. The molecule has 3 fully saturated rings. The van der Waals surface area contributed by atoms with E-state index in [1.165, 1.54) is 50.0 Å². The SMILES string of the molecule is CCC(Cc1cc(Cl)ccc1C1CCN(C(=O)[C@@H](Cc2ccc(Cl)cc2Cl)N2CCCC2)CC1)CN1CCCC1. The molecular formula is C33H44Cl3N3O. The number of amides is 1. The van der Waals surface area contributed by atoms with Crippen LogP contribution in [0.15, 0.2) is 36.4 Å². The molecule has 0 aromatic heterocycles. The van der Waals surface area contributed by atoms with E-state index in [1.807, 2.05) is 12.1 Å². The summed E-state index contributed by atoms with van der Waals surface area (Å²) in [5, 5.41) is 2.10. The number of rotatable bonds is 10. The van der Waals surface area contributed by atoms with Gasteiger partial charge in [-0.15, -0.1) is 0 Å². The fourth-order valence-electron chi connectivity index (χ4n) is 7.07. The first kappa shape index (κ1) is 30.2. The summed E-state index contributed by atoms with van der Waals surface area (Å²) in [6.45, 7) is 9.55. The van der Waals surface area contributed by atoms with Crippen LogP contribution in [0, 0.1) is 5.92 Å². The Balaban J connectivity index is 1.25. The summed E-state index contributed by atoms with van der Waals surface area (Å²) in [6.07, 6.45) is 9.86. The minimum atomic E-state index is -0.167. The van der Waals surface area contributed by atoms with Crippen molar-refractivity contribution in [1.29, 1.82) is 0 Å². The van der Waals surface area contributed by atoms with E-state index >= 15 is 0 Å². The van der Waals surface area contributed by atoms with Crippen LogP contribution in [0.3, 0.4) is 0 Å². The average Bonchev–Trinajstić information content (AvgIpc) is 3.67. The topological polar surface area (TPSA) is 26.8 Å². The predicted molar refractivity (Wildman–Crippen MR) is 168 cm³/mol. The van der Waals surface area contributed by atoms with Gasteiger partial charge in [0.15, 0.2) is 0 Å². The molecule has 4 nitrogen and oxygen atoms in total. The number of halogens is 3. The molecule has 2 aromatic carbocycles. The van der Waals surface area contributed by atoms with Gasteiger partial charge in [0.25, 0.3) is 0 Å². The van der Waals surface area contributed by atoms with E-state index in [4.69, 9.17) is 34.8 Å². The Morgan fingerprint density at radius 3 is 2.15 bits per heavy atom. The van der Waals surface area contributed by atoms with Crippen LogP contribution < -0.4 is 0 Å². The summed E-state index contributed by atoms with van der Waals surface area (Å²) < 4.78 is 0. The number of likely N-dealkylation sites (tertiary alicyclic amines) is 3. The normalized spacial score (nSPS) is 20.8. The van der Waals surface area contributed by atoms with Crippen molar-refractivity contribution in [1.82, 2.24) is 14.7 Å². The van der Waals surface area contributed by atoms with Crippen LogP contribution in [0.5, 0.6) is 0 Å². The van der Waals surface area contributed by atoms with Gasteiger partial charge in [-0.25, -0.2) is 0 Å². The molecule has 0 N–H and O–H groups in total. The van der Waals surface area contributed by atoms with Gasteiger partial charge in [-0.1, -0.05) is 60.3 Å². The summed E-state index contributed by atoms with van der Waals surface area (Å²) in [7, 11) is 0. The zero-order chi connectivity index (χ0) is 28.1. The number of carbonyl (C=O) groups excluding carboxylic acids is 1. The maximum Gasteiger partial charge on any atom is 0.240 e. The molecule has 3 aliphatic heterocycles. The van der Waals surface area contributed by atoms with E-state index in [2.05, 4.69) is 39.8 Å². The summed E-state index contributed by atoms with van der Waals surface area (Å²) in [4.78, 5) is 21.1. The number of carbonyl (C=O) groups is 1. The van der Waals surface area contributed by atoms with Gasteiger partial charge in [0.2, 0.25) is 5.91 Å². The van der Waals surface area contributed by atoms with Gasteiger partial charge in [-0.2, -0.15) is 0 Å². The van der Waals surface area contributed by atoms with Gasteiger partial charge in [0, 0.05) is 34.7 Å². The first-order chi connectivity index (χ1) is 19.4. The molecule has 0 aliphatic carbocycles. The van der Waals surface area contributed by atoms with Crippen LogP contribution in [0.1, 0.15) is 74.5 Å². The summed E-state index contributed by atoms with van der Waals surface area (Å²) >= 11 is 19.2. The first-order valence-corrected chi connectivity index (χ1v) is 16.5. The van der Waals surface area contributed by atoms with Crippen molar-refractivity contribution in [2.24, 2.45) is 5.92 Å². The molecule has 3 saturated heterocycles. The molecule has 218 valence electrons. The second-order valence-corrected chi connectivity index (χ2v) is 13.4. The molecular weight excluding hydrogens is 561 g/mol. The van der Waals surface area contributed by atoms with Gasteiger partial charge >= 0.3 is 0 Å². The summed E-state index contributed by atoms with van der Waals surface area (Å²) in [5.41, 5.74) is 3.85. The van der Waals surface area contributed by atoms with E-state index < -0.39 is 0 Å². The van der Waals surface area contributed by atoms with E-state index in [0.29, 0.717) is 28.3 Å². The lowest BCUT2D eigenvalue weighted by atomic mass is 9.83. The minimum absolute atomic E-state index is 0.167. The highest BCUT2D eigenvalue weighted by Crippen LogP contribution is 2.34. The Morgan fingerprint density at radius 2 is 1.48 bits per heavy atom. The van der Waals surface area contributed by atoms with Gasteiger partial charge in [0.1, 0.15) is 0 Å². The molecule has 7 heteroatoms. The number of hydrogen-bond donors (Lipinski definition) is 0. The molecule has 3 aliphatic rings. The Hall–Kier alpha value is -1.30. The highest BCUT2D eigenvalue weighted by molar-refractivity contribution is 6.35. The summed E-state index contributed by atoms with van der Waals surface area (Å²) in [5.74, 6) is 1.37. The quantitative estimate of drug-likeness (QED) is 0.278.